The third kappa shape index (κ3) is 4.42. The fourth-order valence-electron chi connectivity index (χ4n) is 1.77. The van der Waals surface area contributed by atoms with E-state index in [9.17, 15) is 22.4 Å². The van der Waals surface area contributed by atoms with E-state index in [1.54, 1.807) is 18.2 Å². The first-order valence-corrected chi connectivity index (χ1v) is 6.60. The molecule has 7 heteroatoms. The summed E-state index contributed by atoms with van der Waals surface area (Å²) < 4.78 is 50.3. The van der Waals surface area contributed by atoms with E-state index in [0.29, 0.717) is 12.1 Å². The highest BCUT2D eigenvalue weighted by molar-refractivity contribution is 5.97. The number of benzene rings is 1. The Morgan fingerprint density at radius 3 is 2.33 bits per heavy atom. The molecule has 1 aromatic rings. The number of nitrogens with zero attached hydrogens (tertiary/aromatic N) is 1. The second kappa shape index (κ2) is 7.40. The first-order valence-electron chi connectivity index (χ1n) is 6.60. The molecule has 0 spiro atoms. The number of alkyl halides is 4. The Morgan fingerprint density at radius 2 is 1.81 bits per heavy atom. The van der Waals surface area contributed by atoms with E-state index in [4.69, 9.17) is 0 Å². The molecule has 21 heavy (non-hydrogen) atoms. The Morgan fingerprint density at radius 1 is 1.24 bits per heavy atom. The lowest BCUT2D eigenvalue weighted by atomic mass is 10.1. The summed E-state index contributed by atoms with van der Waals surface area (Å²) in [5.41, 5.74) is 0.717. The lowest BCUT2D eigenvalue weighted by Crippen LogP contribution is -2.41. The number of halogens is 4. The molecule has 0 saturated carbocycles. The van der Waals surface area contributed by atoms with Crippen LogP contribution in [-0.4, -0.2) is 36.2 Å². The van der Waals surface area contributed by atoms with Crippen LogP contribution in [-0.2, 0) is 11.3 Å². The van der Waals surface area contributed by atoms with E-state index < -0.39 is 18.3 Å². The molecule has 0 bridgehead atoms. The van der Waals surface area contributed by atoms with Crippen molar-refractivity contribution in [2.24, 2.45) is 0 Å². The van der Waals surface area contributed by atoms with Crippen LogP contribution < -0.4 is 5.32 Å². The monoisotopic (exact) mass is 306 g/mol. The maximum Gasteiger partial charge on any atom is 0.383 e. The van der Waals surface area contributed by atoms with Crippen molar-refractivity contribution in [3.8, 4) is 0 Å². The maximum atomic E-state index is 13.0. The summed E-state index contributed by atoms with van der Waals surface area (Å²) in [4.78, 5) is 13.3. The fourth-order valence-corrected chi connectivity index (χ4v) is 1.77. The molecule has 1 rings (SSSR count). The highest BCUT2D eigenvalue weighted by atomic mass is 19.3. The van der Waals surface area contributed by atoms with E-state index in [0.717, 1.165) is 13.1 Å². The Labute approximate surface area is 120 Å². The van der Waals surface area contributed by atoms with Gasteiger partial charge in [0.2, 0.25) is 0 Å². The molecule has 1 amide bonds. The van der Waals surface area contributed by atoms with Crippen molar-refractivity contribution in [1.82, 2.24) is 4.90 Å². The molecule has 118 valence electrons. The molecule has 0 aliphatic heterocycles. The van der Waals surface area contributed by atoms with E-state index in [-0.39, 0.29) is 5.69 Å². The summed E-state index contributed by atoms with van der Waals surface area (Å²) >= 11 is 0. The summed E-state index contributed by atoms with van der Waals surface area (Å²) in [5.74, 6) is -6.70. The Balaban J connectivity index is 2.92. The molecule has 0 atom stereocenters. The molecule has 0 radical (unpaired) electrons. The Kier molecular flexibility index (Phi) is 6.14. The number of carbonyl (C=O) groups is 1. The Bertz CT molecular complexity index is 476. The van der Waals surface area contributed by atoms with Gasteiger partial charge in [0, 0.05) is 12.2 Å². The van der Waals surface area contributed by atoms with E-state index in [1.807, 2.05) is 24.1 Å². The van der Waals surface area contributed by atoms with Crippen LogP contribution in [0, 0.1) is 0 Å². The van der Waals surface area contributed by atoms with Crippen LogP contribution in [0.1, 0.15) is 19.4 Å². The normalized spacial score (nSPS) is 12.0. The first kappa shape index (κ1) is 17.4. The predicted octanol–water partition coefficient (Wildman–Crippen LogP) is 3.37. The largest absolute Gasteiger partial charge is 0.383 e. The van der Waals surface area contributed by atoms with Crippen LogP contribution in [0.2, 0.25) is 0 Å². The first-order chi connectivity index (χ1) is 9.82. The number of carbonyl (C=O) groups excluding carboxylic acids is 1. The molecule has 3 nitrogen and oxygen atoms in total. The summed E-state index contributed by atoms with van der Waals surface area (Å²) in [6.07, 6.45) is -4.03. The zero-order valence-corrected chi connectivity index (χ0v) is 11.9. The second-order valence-corrected chi connectivity index (χ2v) is 4.50. The minimum absolute atomic E-state index is 0.120. The van der Waals surface area contributed by atoms with Gasteiger partial charge in [-0.3, -0.25) is 9.69 Å². The number of hydrogen-bond donors (Lipinski definition) is 1. The SMILES string of the molecule is CCN(CC)Cc1ccccc1NC(=O)C(F)(F)C(F)F. The van der Waals surface area contributed by atoms with Gasteiger partial charge in [-0.1, -0.05) is 32.0 Å². The highest BCUT2D eigenvalue weighted by Crippen LogP contribution is 2.26. The molecule has 0 aliphatic rings. The number of hydrogen-bond acceptors (Lipinski definition) is 2. The van der Waals surface area contributed by atoms with Crippen LogP contribution in [0.3, 0.4) is 0 Å². The van der Waals surface area contributed by atoms with E-state index in [2.05, 4.69) is 0 Å². The van der Waals surface area contributed by atoms with Crippen molar-refractivity contribution in [1.29, 1.82) is 0 Å². The molecular formula is C14H18F4N2O. The maximum absolute atomic E-state index is 13.0. The molecular weight excluding hydrogens is 288 g/mol. The lowest BCUT2D eigenvalue weighted by Gasteiger charge is -2.21. The van der Waals surface area contributed by atoms with Gasteiger partial charge in [0.1, 0.15) is 0 Å². The quantitative estimate of drug-likeness (QED) is 0.783. The summed E-state index contributed by atoms with van der Waals surface area (Å²) in [6.45, 7) is 5.80. The lowest BCUT2D eigenvalue weighted by molar-refractivity contribution is -0.163. The number of amides is 1. The summed E-state index contributed by atoms with van der Waals surface area (Å²) in [6, 6.07) is 6.31. The van der Waals surface area contributed by atoms with Gasteiger partial charge in [-0.05, 0) is 24.7 Å². The molecule has 0 aliphatic carbocycles. The van der Waals surface area contributed by atoms with Crippen molar-refractivity contribution in [2.75, 3.05) is 18.4 Å². The minimum Gasteiger partial charge on any atom is -0.320 e. The van der Waals surface area contributed by atoms with Gasteiger partial charge in [-0.2, -0.15) is 8.78 Å². The van der Waals surface area contributed by atoms with Gasteiger partial charge in [0.15, 0.2) is 0 Å². The second-order valence-electron chi connectivity index (χ2n) is 4.50. The Hall–Kier alpha value is -1.63. The third-order valence-corrected chi connectivity index (χ3v) is 3.13. The summed E-state index contributed by atoms with van der Waals surface area (Å²) in [5, 5.41) is 1.89. The predicted molar refractivity (Wildman–Crippen MR) is 72.6 cm³/mol. The molecule has 1 N–H and O–H groups in total. The van der Waals surface area contributed by atoms with E-state index >= 15 is 0 Å². The van der Waals surface area contributed by atoms with Gasteiger partial charge in [0.05, 0.1) is 0 Å². The number of anilines is 1. The zero-order chi connectivity index (χ0) is 16.0. The topological polar surface area (TPSA) is 32.3 Å². The third-order valence-electron chi connectivity index (χ3n) is 3.13. The van der Waals surface area contributed by atoms with E-state index in [1.165, 1.54) is 6.07 Å². The van der Waals surface area contributed by atoms with Crippen LogP contribution in [0.5, 0.6) is 0 Å². The van der Waals surface area contributed by atoms with Crippen LogP contribution >= 0.6 is 0 Å². The molecule has 0 heterocycles. The van der Waals surface area contributed by atoms with Crippen molar-refractivity contribution >= 4 is 11.6 Å². The van der Waals surface area contributed by atoms with Crippen LogP contribution in [0.15, 0.2) is 24.3 Å². The average molecular weight is 306 g/mol. The molecule has 0 saturated heterocycles. The smallest absolute Gasteiger partial charge is 0.320 e. The number of nitrogens with one attached hydrogen (secondary N) is 1. The molecule has 1 aromatic carbocycles. The standard InChI is InChI=1S/C14H18F4N2O/c1-3-20(4-2)9-10-7-5-6-8-11(10)19-13(21)14(17,18)12(15)16/h5-8,12H,3-4,9H2,1-2H3,(H,19,21). The summed E-state index contributed by atoms with van der Waals surface area (Å²) in [7, 11) is 0. The molecule has 0 unspecified atom stereocenters. The number of para-hydroxylation sites is 1. The van der Waals surface area contributed by atoms with Crippen molar-refractivity contribution < 1.29 is 22.4 Å². The van der Waals surface area contributed by atoms with Gasteiger partial charge < -0.3 is 5.32 Å². The van der Waals surface area contributed by atoms with Crippen molar-refractivity contribution in [3.63, 3.8) is 0 Å². The van der Waals surface area contributed by atoms with Gasteiger partial charge in [0.25, 0.3) is 0 Å². The minimum atomic E-state index is -4.71. The van der Waals surface area contributed by atoms with Crippen LogP contribution in [0.25, 0.3) is 0 Å². The van der Waals surface area contributed by atoms with Crippen LogP contribution in [0.4, 0.5) is 23.2 Å². The molecule has 0 fully saturated rings. The zero-order valence-electron chi connectivity index (χ0n) is 11.9. The van der Waals surface area contributed by atoms with Crippen molar-refractivity contribution in [2.45, 2.75) is 32.7 Å². The van der Waals surface area contributed by atoms with Crippen molar-refractivity contribution in [3.05, 3.63) is 29.8 Å². The fraction of sp³-hybridized carbons (Fsp3) is 0.500. The highest BCUT2D eigenvalue weighted by Gasteiger charge is 2.49. The number of rotatable bonds is 7. The average Bonchev–Trinajstić information content (AvgIpc) is 2.45. The van der Waals surface area contributed by atoms with Gasteiger partial charge >= 0.3 is 18.3 Å². The molecule has 0 aromatic heterocycles. The van der Waals surface area contributed by atoms with Gasteiger partial charge in [-0.25, -0.2) is 8.78 Å². The van der Waals surface area contributed by atoms with Gasteiger partial charge in [-0.15, -0.1) is 0 Å².